The fourth-order valence-electron chi connectivity index (χ4n) is 2.62. The van der Waals surface area contributed by atoms with E-state index in [1.165, 1.54) is 0 Å². The van der Waals surface area contributed by atoms with Crippen LogP contribution in [0, 0.1) is 18.3 Å². The number of carbonyl (C=O) groups excluding carboxylic acids is 1. The molecule has 2 N–H and O–H groups in total. The molecule has 0 bridgehead atoms. The van der Waals surface area contributed by atoms with E-state index < -0.39 is 0 Å². The van der Waals surface area contributed by atoms with Gasteiger partial charge in [-0.15, -0.1) is 0 Å². The standard InChI is InChI=1S/C21H19N5O/c1-14(17-6-4-3-5-7-17)23-21(27)19-12-20(25-15(2)24-19)26-18-10-8-16(13-22)9-11-18/h3-12,14H,1-2H3,(H,23,27)(H,24,25,26). The summed E-state index contributed by atoms with van der Waals surface area (Å²) in [6, 6.07) is 20.3. The summed E-state index contributed by atoms with van der Waals surface area (Å²) in [5.74, 6) is 0.746. The third-order valence-electron chi connectivity index (χ3n) is 4.00. The number of rotatable bonds is 5. The molecule has 1 atom stereocenters. The maximum absolute atomic E-state index is 12.6. The number of aryl methyl sites for hydroxylation is 1. The van der Waals surface area contributed by atoms with E-state index in [9.17, 15) is 4.79 Å². The van der Waals surface area contributed by atoms with Crippen molar-refractivity contribution in [2.45, 2.75) is 19.9 Å². The lowest BCUT2D eigenvalue weighted by molar-refractivity contribution is 0.0934. The molecule has 1 unspecified atom stereocenters. The van der Waals surface area contributed by atoms with Crippen LogP contribution >= 0.6 is 0 Å². The van der Waals surface area contributed by atoms with Crippen LogP contribution in [0.15, 0.2) is 60.7 Å². The molecule has 0 aliphatic carbocycles. The lowest BCUT2D eigenvalue weighted by Gasteiger charge is -2.14. The first-order chi connectivity index (χ1) is 13.0. The zero-order chi connectivity index (χ0) is 19.2. The summed E-state index contributed by atoms with van der Waals surface area (Å²) in [4.78, 5) is 21.2. The van der Waals surface area contributed by atoms with Crippen LogP contribution in [-0.4, -0.2) is 15.9 Å². The topological polar surface area (TPSA) is 90.7 Å². The Hall–Kier alpha value is -3.72. The van der Waals surface area contributed by atoms with E-state index in [0.29, 0.717) is 22.9 Å². The first-order valence-corrected chi connectivity index (χ1v) is 8.54. The molecule has 2 aromatic carbocycles. The van der Waals surface area contributed by atoms with E-state index in [1.54, 1.807) is 37.3 Å². The zero-order valence-corrected chi connectivity index (χ0v) is 15.1. The van der Waals surface area contributed by atoms with Gasteiger partial charge in [-0.1, -0.05) is 30.3 Å². The lowest BCUT2D eigenvalue weighted by Crippen LogP contribution is -2.27. The van der Waals surface area contributed by atoms with Crippen molar-refractivity contribution in [1.82, 2.24) is 15.3 Å². The van der Waals surface area contributed by atoms with Crippen LogP contribution in [-0.2, 0) is 0 Å². The Morgan fingerprint density at radius 3 is 2.44 bits per heavy atom. The highest BCUT2D eigenvalue weighted by atomic mass is 16.1. The number of hydrogen-bond acceptors (Lipinski definition) is 5. The Morgan fingerprint density at radius 1 is 1.07 bits per heavy atom. The number of carbonyl (C=O) groups is 1. The maximum Gasteiger partial charge on any atom is 0.270 e. The Bertz CT molecular complexity index is 978. The Balaban J connectivity index is 1.76. The van der Waals surface area contributed by atoms with Gasteiger partial charge in [0.05, 0.1) is 17.7 Å². The van der Waals surface area contributed by atoms with Gasteiger partial charge in [0.15, 0.2) is 0 Å². The summed E-state index contributed by atoms with van der Waals surface area (Å²) in [7, 11) is 0. The van der Waals surface area contributed by atoms with Gasteiger partial charge in [0.2, 0.25) is 0 Å². The minimum absolute atomic E-state index is 0.135. The van der Waals surface area contributed by atoms with Gasteiger partial charge in [0.25, 0.3) is 5.91 Å². The van der Waals surface area contributed by atoms with E-state index >= 15 is 0 Å². The molecule has 3 rings (SSSR count). The third kappa shape index (κ3) is 4.67. The van der Waals surface area contributed by atoms with Crippen LogP contribution in [0.5, 0.6) is 0 Å². The lowest BCUT2D eigenvalue weighted by atomic mass is 10.1. The molecule has 0 saturated carbocycles. The van der Waals surface area contributed by atoms with Crippen molar-refractivity contribution in [3.63, 3.8) is 0 Å². The largest absolute Gasteiger partial charge is 0.344 e. The predicted octanol–water partition coefficient (Wildman–Crippen LogP) is 3.89. The number of anilines is 2. The number of nitriles is 1. The summed E-state index contributed by atoms with van der Waals surface area (Å²) in [5.41, 5.74) is 2.67. The molecule has 0 spiro atoms. The number of amides is 1. The highest BCUT2D eigenvalue weighted by Gasteiger charge is 2.14. The second-order valence-corrected chi connectivity index (χ2v) is 6.11. The summed E-state index contributed by atoms with van der Waals surface area (Å²) in [6.07, 6.45) is 0. The SMILES string of the molecule is Cc1nc(Nc2ccc(C#N)cc2)cc(C(=O)NC(C)c2ccccc2)n1. The van der Waals surface area contributed by atoms with Gasteiger partial charge < -0.3 is 10.6 Å². The van der Waals surface area contributed by atoms with Gasteiger partial charge in [-0.3, -0.25) is 4.79 Å². The Kier molecular flexibility index (Phi) is 5.43. The molecular weight excluding hydrogens is 338 g/mol. The van der Waals surface area contributed by atoms with Crippen LogP contribution in [0.2, 0.25) is 0 Å². The molecule has 3 aromatic rings. The monoisotopic (exact) mass is 357 g/mol. The van der Waals surface area contributed by atoms with Gasteiger partial charge in [0.1, 0.15) is 17.3 Å². The second kappa shape index (κ2) is 8.11. The molecule has 27 heavy (non-hydrogen) atoms. The van der Waals surface area contributed by atoms with Crippen molar-refractivity contribution in [2.24, 2.45) is 0 Å². The van der Waals surface area contributed by atoms with Crippen molar-refractivity contribution in [3.8, 4) is 6.07 Å². The Labute approximate surface area is 157 Å². The molecular formula is C21H19N5O. The molecule has 1 aromatic heterocycles. The van der Waals surface area contributed by atoms with Crippen LogP contribution in [0.25, 0.3) is 0 Å². The van der Waals surface area contributed by atoms with Gasteiger partial charge in [-0.05, 0) is 43.7 Å². The molecule has 1 heterocycles. The normalized spacial score (nSPS) is 11.3. The molecule has 6 nitrogen and oxygen atoms in total. The number of aromatic nitrogens is 2. The summed E-state index contributed by atoms with van der Waals surface area (Å²) in [6.45, 7) is 3.67. The number of nitrogens with zero attached hydrogens (tertiary/aromatic N) is 3. The molecule has 0 fully saturated rings. The molecule has 0 aliphatic heterocycles. The molecule has 6 heteroatoms. The van der Waals surface area contributed by atoms with Crippen molar-refractivity contribution in [3.05, 3.63) is 83.3 Å². The maximum atomic E-state index is 12.6. The fraction of sp³-hybridized carbons (Fsp3) is 0.143. The van der Waals surface area contributed by atoms with Crippen LogP contribution < -0.4 is 10.6 Å². The van der Waals surface area contributed by atoms with Crippen molar-refractivity contribution < 1.29 is 4.79 Å². The van der Waals surface area contributed by atoms with Crippen molar-refractivity contribution >= 4 is 17.4 Å². The first kappa shape index (κ1) is 18.1. The minimum Gasteiger partial charge on any atom is -0.344 e. The van der Waals surface area contributed by atoms with E-state index in [2.05, 4.69) is 26.7 Å². The van der Waals surface area contributed by atoms with E-state index in [-0.39, 0.29) is 11.9 Å². The van der Waals surface area contributed by atoms with Crippen LogP contribution in [0.4, 0.5) is 11.5 Å². The first-order valence-electron chi connectivity index (χ1n) is 8.54. The second-order valence-electron chi connectivity index (χ2n) is 6.11. The predicted molar refractivity (Wildman–Crippen MR) is 104 cm³/mol. The average molecular weight is 357 g/mol. The highest BCUT2D eigenvalue weighted by Crippen LogP contribution is 2.17. The molecule has 0 saturated heterocycles. The van der Waals surface area contributed by atoms with Crippen molar-refractivity contribution in [1.29, 1.82) is 5.26 Å². The summed E-state index contributed by atoms with van der Waals surface area (Å²) >= 11 is 0. The smallest absolute Gasteiger partial charge is 0.270 e. The minimum atomic E-state index is -0.264. The number of nitrogens with one attached hydrogen (secondary N) is 2. The zero-order valence-electron chi connectivity index (χ0n) is 15.1. The molecule has 0 radical (unpaired) electrons. The van der Waals surface area contributed by atoms with Crippen LogP contribution in [0.1, 0.15) is 40.4 Å². The highest BCUT2D eigenvalue weighted by molar-refractivity contribution is 5.93. The third-order valence-corrected chi connectivity index (χ3v) is 4.00. The number of benzene rings is 2. The molecule has 134 valence electrons. The fourth-order valence-corrected chi connectivity index (χ4v) is 2.62. The molecule has 1 amide bonds. The van der Waals surface area contributed by atoms with Crippen LogP contribution in [0.3, 0.4) is 0 Å². The van der Waals surface area contributed by atoms with Crippen molar-refractivity contribution in [2.75, 3.05) is 5.32 Å². The Morgan fingerprint density at radius 2 is 1.78 bits per heavy atom. The van der Waals surface area contributed by atoms with Gasteiger partial charge in [-0.25, -0.2) is 9.97 Å². The summed E-state index contributed by atoms with van der Waals surface area (Å²) in [5, 5.41) is 15.0. The van der Waals surface area contributed by atoms with E-state index in [0.717, 1.165) is 11.3 Å². The van der Waals surface area contributed by atoms with Gasteiger partial charge in [-0.2, -0.15) is 5.26 Å². The summed E-state index contributed by atoms with van der Waals surface area (Å²) < 4.78 is 0. The molecule has 0 aliphatic rings. The number of hydrogen-bond donors (Lipinski definition) is 2. The van der Waals surface area contributed by atoms with Gasteiger partial charge >= 0.3 is 0 Å². The van der Waals surface area contributed by atoms with E-state index in [1.807, 2.05) is 37.3 Å². The quantitative estimate of drug-likeness (QED) is 0.723. The average Bonchev–Trinajstić information content (AvgIpc) is 2.68. The van der Waals surface area contributed by atoms with Gasteiger partial charge in [0, 0.05) is 11.8 Å². The van der Waals surface area contributed by atoms with E-state index in [4.69, 9.17) is 5.26 Å².